The Morgan fingerprint density at radius 2 is 1.25 bits per heavy atom. The van der Waals surface area contributed by atoms with Gasteiger partial charge in [0.25, 0.3) is 0 Å². The van der Waals surface area contributed by atoms with Crippen LogP contribution in [0.5, 0.6) is 0 Å². The van der Waals surface area contributed by atoms with Gasteiger partial charge in [-0.15, -0.1) is 0 Å². The van der Waals surface area contributed by atoms with E-state index in [0.717, 1.165) is 12.0 Å². The second-order valence-corrected chi connectivity index (χ2v) is 8.15. The van der Waals surface area contributed by atoms with Crippen molar-refractivity contribution in [3.8, 4) is 0 Å². The Hall–Kier alpha value is -3.44. The maximum Gasteiger partial charge on any atom is 0.338 e. The van der Waals surface area contributed by atoms with E-state index in [1.807, 2.05) is 42.5 Å². The summed E-state index contributed by atoms with van der Waals surface area (Å²) in [6, 6.07) is 27.8. The highest BCUT2D eigenvalue weighted by molar-refractivity contribution is 5.89. The Labute approximate surface area is 187 Å². The molecule has 1 saturated carbocycles. The molecule has 1 fully saturated rings. The van der Waals surface area contributed by atoms with Gasteiger partial charge in [0.2, 0.25) is 0 Å². The smallest absolute Gasteiger partial charge is 0.338 e. The molecule has 0 unspecified atom stereocenters. The summed E-state index contributed by atoms with van der Waals surface area (Å²) < 4.78 is 17.1. The average Bonchev–Trinajstić information content (AvgIpc) is 3.55. The number of hydrogen-bond acceptors (Lipinski definition) is 5. The molecular formula is C27H26O5. The lowest BCUT2D eigenvalue weighted by molar-refractivity contribution is 0.00795. The molecule has 0 bridgehead atoms. The summed E-state index contributed by atoms with van der Waals surface area (Å²) in [5.41, 5.74) is 1.77. The van der Waals surface area contributed by atoms with Crippen LogP contribution in [0.15, 0.2) is 91.0 Å². The Kier molecular flexibility index (Phi) is 6.97. The van der Waals surface area contributed by atoms with Crippen molar-refractivity contribution in [2.24, 2.45) is 11.3 Å². The van der Waals surface area contributed by atoms with E-state index in [2.05, 4.69) is 0 Å². The number of ether oxygens (including phenoxy) is 3. The highest BCUT2D eigenvalue weighted by Crippen LogP contribution is 2.53. The summed E-state index contributed by atoms with van der Waals surface area (Å²) in [5, 5.41) is 0. The molecule has 1 aliphatic carbocycles. The fourth-order valence-corrected chi connectivity index (χ4v) is 3.71. The quantitative estimate of drug-likeness (QED) is 0.427. The van der Waals surface area contributed by atoms with Crippen molar-refractivity contribution in [2.75, 3.05) is 19.8 Å². The van der Waals surface area contributed by atoms with Crippen LogP contribution in [-0.4, -0.2) is 31.8 Å². The number of rotatable bonds is 10. The molecule has 4 rings (SSSR count). The molecule has 0 aliphatic heterocycles. The SMILES string of the molecule is O=C(OC[C@H]1C[C@@]1(COCc1ccccc1)COC(=O)c1ccccc1)c1ccccc1. The van der Waals surface area contributed by atoms with Gasteiger partial charge in [-0.05, 0) is 36.2 Å². The second-order valence-electron chi connectivity index (χ2n) is 8.15. The second kappa shape index (κ2) is 10.2. The van der Waals surface area contributed by atoms with Gasteiger partial charge in [-0.3, -0.25) is 0 Å². The molecule has 1 aliphatic rings. The summed E-state index contributed by atoms with van der Waals surface area (Å²) in [6.45, 7) is 1.40. The van der Waals surface area contributed by atoms with Crippen molar-refractivity contribution in [1.29, 1.82) is 0 Å². The summed E-state index contributed by atoms with van der Waals surface area (Å²) in [7, 11) is 0. The third-order valence-electron chi connectivity index (χ3n) is 5.79. The summed E-state index contributed by atoms with van der Waals surface area (Å²) in [6.07, 6.45) is 0.770. The monoisotopic (exact) mass is 430 g/mol. The average molecular weight is 431 g/mol. The maximum absolute atomic E-state index is 12.4. The van der Waals surface area contributed by atoms with E-state index in [0.29, 0.717) is 24.3 Å². The van der Waals surface area contributed by atoms with Crippen LogP contribution in [0.3, 0.4) is 0 Å². The van der Waals surface area contributed by atoms with Gasteiger partial charge >= 0.3 is 11.9 Å². The zero-order valence-electron chi connectivity index (χ0n) is 17.8. The molecule has 32 heavy (non-hydrogen) atoms. The predicted octanol–water partition coefficient (Wildman–Crippen LogP) is 4.92. The lowest BCUT2D eigenvalue weighted by atomic mass is 10.1. The molecule has 0 saturated heterocycles. The predicted molar refractivity (Wildman–Crippen MR) is 120 cm³/mol. The van der Waals surface area contributed by atoms with Crippen LogP contribution in [0, 0.1) is 11.3 Å². The maximum atomic E-state index is 12.4. The van der Waals surface area contributed by atoms with Gasteiger partial charge in [-0.1, -0.05) is 66.7 Å². The Balaban J connectivity index is 1.34. The van der Waals surface area contributed by atoms with E-state index in [1.165, 1.54) is 0 Å². The molecule has 3 aromatic carbocycles. The number of esters is 2. The lowest BCUT2D eigenvalue weighted by Crippen LogP contribution is -2.24. The first-order chi connectivity index (χ1) is 15.7. The number of hydrogen-bond donors (Lipinski definition) is 0. The van der Waals surface area contributed by atoms with Crippen LogP contribution in [0.1, 0.15) is 32.7 Å². The van der Waals surface area contributed by atoms with E-state index in [-0.39, 0.29) is 36.5 Å². The minimum atomic E-state index is -0.361. The molecule has 5 nitrogen and oxygen atoms in total. The standard InChI is InChI=1S/C27H26O5/c28-25(22-12-6-2-7-13-22)31-18-24-16-27(24,19-30-17-21-10-4-1-5-11-21)20-32-26(29)23-14-8-3-9-15-23/h1-15,24H,16-20H2/t24-,27-/m1/s1. The van der Waals surface area contributed by atoms with Crippen molar-refractivity contribution in [3.05, 3.63) is 108 Å². The van der Waals surface area contributed by atoms with Crippen molar-refractivity contribution in [1.82, 2.24) is 0 Å². The largest absolute Gasteiger partial charge is 0.462 e. The van der Waals surface area contributed by atoms with Gasteiger partial charge < -0.3 is 14.2 Å². The third kappa shape index (κ3) is 5.62. The highest BCUT2D eigenvalue weighted by atomic mass is 16.5. The fraction of sp³-hybridized carbons (Fsp3) is 0.259. The summed E-state index contributed by atoms with van der Waals surface area (Å²) in [5.74, 6) is -0.632. The minimum Gasteiger partial charge on any atom is -0.462 e. The highest BCUT2D eigenvalue weighted by Gasteiger charge is 2.56. The van der Waals surface area contributed by atoms with Crippen molar-refractivity contribution in [2.45, 2.75) is 13.0 Å². The fourth-order valence-electron chi connectivity index (χ4n) is 3.71. The van der Waals surface area contributed by atoms with Gasteiger partial charge in [0.1, 0.15) is 0 Å². The Morgan fingerprint density at radius 3 is 1.84 bits per heavy atom. The number of carbonyl (C=O) groups excluding carboxylic acids is 2. The summed E-state index contributed by atoms with van der Waals surface area (Å²) in [4.78, 5) is 24.7. The zero-order valence-corrected chi connectivity index (χ0v) is 17.8. The van der Waals surface area contributed by atoms with Crippen LogP contribution < -0.4 is 0 Å². The van der Waals surface area contributed by atoms with Gasteiger partial charge in [0, 0.05) is 11.3 Å². The Bertz CT molecular complexity index is 1020. The van der Waals surface area contributed by atoms with Crippen LogP contribution in [-0.2, 0) is 20.8 Å². The Morgan fingerprint density at radius 1 is 0.719 bits per heavy atom. The van der Waals surface area contributed by atoms with E-state index in [4.69, 9.17) is 14.2 Å². The summed E-state index contributed by atoms with van der Waals surface area (Å²) >= 11 is 0. The first kappa shape index (κ1) is 21.8. The van der Waals surface area contributed by atoms with E-state index in [1.54, 1.807) is 48.5 Å². The number of carbonyl (C=O) groups is 2. The van der Waals surface area contributed by atoms with Crippen LogP contribution >= 0.6 is 0 Å². The zero-order chi connectivity index (χ0) is 22.2. The first-order valence-electron chi connectivity index (χ1n) is 10.7. The topological polar surface area (TPSA) is 61.8 Å². The molecule has 0 amide bonds. The van der Waals surface area contributed by atoms with E-state index >= 15 is 0 Å². The molecule has 0 N–H and O–H groups in total. The normalized spacial score (nSPS) is 19.2. The molecule has 0 aromatic heterocycles. The van der Waals surface area contributed by atoms with Crippen molar-refractivity contribution < 1.29 is 23.8 Å². The van der Waals surface area contributed by atoms with E-state index < -0.39 is 0 Å². The van der Waals surface area contributed by atoms with Crippen LogP contribution in [0.25, 0.3) is 0 Å². The van der Waals surface area contributed by atoms with Gasteiger partial charge in [0.05, 0.1) is 37.6 Å². The molecule has 0 radical (unpaired) electrons. The lowest BCUT2D eigenvalue weighted by Gasteiger charge is -2.18. The molecule has 0 heterocycles. The van der Waals surface area contributed by atoms with Crippen molar-refractivity contribution in [3.63, 3.8) is 0 Å². The molecule has 2 atom stereocenters. The molecule has 164 valence electrons. The van der Waals surface area contributed by atoms with Crippen LogP contribution in [0.4, 0.5) is 0 Å². The molecule has 3 aromatic rings. The number of benzene rings is 3. The van der Waals surface area contributed by atoms with Gasteiger partial charge in [-0.2, -0.15) is 0 Å². The minimum absolute atomic E-state index is 0.0782. The van der Waals surface area contributed by atoms with Gasteiger partial charge in [0.15, 0.2) is 0 Å². The third-order valence-corrected chi connectivity index (χ3v) is 5.79. The van der Waals surface area contributed by atoms with Crippen molar-refractivity contribution >= 4 is 11.9 Å². The molecular weight excluding hydrogens is 404 g/mol. The molecule has 0 spiro atoms. The van der Waals surface area contributed by atoms with Gasteiger partial charge in [-0.25, -0.2) is 9.59 Å². The van der Waals surface area contributed by atoms with Crippen LogP contribution in [0.2, 0.25) is 0 Å². The van der Waals surface area contributed by atoms with E-state index in [9.17, 15) is 9.59 Å². The first-order valence-corrected chi connectivity index (χ1v) is 10.7. The molecule has 5 heteroatoms.